The lowest BCUT2D eigenvalue weighted by Crippen LogP contribution is -2.42. The van der Waals surface area contributed by atoms with Crippen molar-refractivity contribution >= 4 is 69.7 Å². The van der Waals surface area contributed by atoms with Crippen molar-refractivity contribution in [2.45, 2.75) is 31.3 Å². The van der Waals surface area contributed by atoms with E-state index >= 15 is 0 Å². The summed E-state index contributed by atoms with van der Waals surface area (Å²) in [5, 5.41) is 21.1. The number of nitrogen functional groups attached to an aromatic ring is 1. The number of anilines is 1. The van der Waals surface area contributed by atoms with Crippen LogP contribution in [-0.2, 0) is 27.2 Å². The second-order valence-electron chi connectivity index (χ2n) is 9.06. The molecule has 10 nitrogen and oxygen atoms in total. The molecule has 0 spiro atoms. The number of benzene rings is 2. The van der Waals surface area contributed by atoms with E-state index in [-0.39, 0.29) is 47.3 Å². The molecule has 214 valence electrons. The van der Waals surface area contributed by atoms with Gasteiger partial charge in [-0.25, -0.2) is 9.59 Å². The Morgan fingerprint density at radius 2 is 1.68 bits per heavy atom. The normalized spacial score (nSPS) is 14.9. The van der Waals surface area contributed by atoms with Crippen molar-refractivity contribution in [3.8, 4) is 0 Å². The molecule has 5 N–H and O–H groups in total. The summed E-state index contributed by atoms with van der Waals surface area (Å²) in [4.78, 5) is 52.6. The van der Waals surface area contributed by atoms with E-state index < -0.39 is 29.9 Å². The number of aliphatic carboxylic acids is 2. The zero-order chi connectivity index (χ0) is 30.1. The smallest absolute Gasteiger partial charge is 0.326 e. The second kappa shape index (κ2) is 14.5. The summed E-state index contributed by atoms with van der Waals surface area (Å²) in [6.45, 7) is 0.255. The Bertz CT molecular complexity index is 1420. The summed E-state index contributed by atoms with van der Waals surface area (Å²) >= 11 is 16.9. The number of pyridine rings is 1. The van der Waals surface area contributed by atoms with E-state index in [1.54, 1.807) is 54.9 Å². The second-order valence-corrected chi connectivity index (χ2v) is 10.5. The van der Waals surface area contributed by atoms with Gasteiger partial charge in [0.1, 0.15) is 12.1 Å². The maximum atomic E-state index is 12.3. The van der Waals surface area contributed by atoms with Crippen LogP contribution in [0.2, 0.25) is 10.0 Å². The lowest BCUT2D eigenvalue weighted by molar-refractivity contribution is -0.148. The van der Waals surface area contributed by atoms with Crippen molar-refractivity contribution in [2.24, 2.45) is 0 Å². The number of nitrogens with two attached hydrogens (primary N) is 1. The van der Waals surface area contributed by atoms with Crippen molar-refractivity contribution in [2.75, 3.05) is 12.3 Å². The van der Waals surface area contributed by atoms with E-state index in [0.29, 0.717) is 10.6 Å². The minimum absolute atomic E-state index is 0.0550. The van der Waals surface area contributed by atoms with Crippen molar-refractivity contribution in [1.29, 1.82) is 0 Å². The number of carboxylic acids is 2. The number of hydrogen-bond donors (Lipinski definition) is 4. The first-order valence-corrected chi connectivity index (χ1v) is 13.4. The number of halogens is 2. The quantitative estimate of drug-likeness (QED) is 0.218. The molecule has 2 atom stereocenters. The first kappa shape index (κ1) is 31.5. The molecule has 1 aliphatic rings. The number of nitrogens with one attached hydrogen (secondary N) is 1. The van der Waals surface area contributed by atoms with E-state index in [1.807, 2.05) is 0 Å². The minimum atomic E-state index is -1.15. The van der Waals surface area contributed by atoms with E-state index in [0.717, 1.165) is 11.1 Å². The number of thiocarbonyl (C=S) groups is 1. The number of carbonyl (C=O) groups excluding carboxylic acids is 2. The Kier molecular flexibility index (Phi) is 11.2. The predicted molar refractivity (Wildman–Crippen MR) is 158 cm³/mol. The van der Waals surface area contributed by atoms with Crippen molar-refractivity contribution in [3.05, 3.63) is 93.7 Å². The van der Waals surface area contributed by atoms with Crippen LogP contribution >= 0.6 is 35.4 Å². The van der Waals surface area contributed by atoms with E-state index in [4.69, 9.17) is 46.3 Å². The molecule has 2 amide bonds. The van der Waals surface area contributed by atoms with Crippen LogP contribution in [0.5, 0.6) is 0 Å². The van der Waals surface area contributed by atoms with Gasteiger partial charge in [0.15, 0.2) is 0 Å². The van der Waals surface area contributed by atoms with Gasteiger partial charge in [-0.2, -0.15) is 0 Å². The largest absolute Gasteiger partial charge is 0.480 e. The number of rotatable bonds is 8. The predicted octanol–water partition coefficient (Wildman–Crippen LogP) is 3.68. The van der Waals surface area contributed by atoms with E-state index in [1.165, 1.54) is 17.0 Å². The first-order chi connectivity index (χ1) is 19.5. The molecule has 0 aliphatic carbocycles. The highest BCUT2D eigenvalue weighted by molar-refractivity contribution is 7.80. The number of carbonyl (C=O) groups is 4. The van der Waals surface area contributed by atoms with Gasteiger partial charge in [0.25, 0.3) is 5.91 Å². The van der Waals surface area contributed by atoms with Crippen LogP contribution in [0, 0.1) is 0 Å². The van der Waals surface area contributed by atoms with E-state index in [9.17, 15) is 24.3 Å². The van der Waals surface area contributed by atoms with Crippen LogP contribution in [0.15, 0.2) is 67.0 Å². The Hall–Kier alpha value is -4.06. The molecule has 1 fully saturated rings. The van der Waals surface area contributed by atoms with Crippen LogP contribution in [0.3, 0.4) is 0 Å². The summed E-state index contributed by atoms with van der Waals surface area (Å²) in [5.74, 6) is -3.02. The lowest BCUT2D eigenvalue weighted by atomic mass is 10.0. The molecule has 2 aromatic carbocycles. The van der Waals surface area contributed by atoms with Gasteiger partial charge < -0.3 is 26.2 Å². The molecular weight excluding hydrogens is 591 g/mol. The lowest BCUT2D eigenvalue weighted by Gasteiger charge is -2.20. The van der Waals surface area contributed by atoms with Gasteiger partial charge in [-0.05, 0) is 41.5 Å². The molecule has 2 heterocycles. The van der Waals surface area contributed by atoms with Crippen LogP contribution in [0.25, 0.3) is 0 Å². The highest BCUT2D eigenvalue weighted by atomic mass is 35.5. The number of hydrogen-bond acceptors (Lipinski definition) is 7. The summed E-state index contributed by atoms with van der Waals surface area (Å²) in [7, 11) is 0. The molecule has 4 rings (SSSR count). The summed E-state index contributed by atoms with van der Waals surface area (Å²) in [5.41, 5.74) is 7.72. The van der Waals surface area contributed by atoms with Crippen LogP contribution in [-0.4, -0.2) is 67.3 Å². The molecule has 41 heavy (non-hydrogen) atoms. The zero-order valence-electron chi connectivity index (χ0n) is 21.5. The average Bonchev–Trinajstić information content (AvgIpc) is 3.32. The van der Waals surface area contributed by atoms with E-state index in [2.05, 4.69) is 10.3 Å². The molecule has 1 aromatic heterocycles. The molecule has 1 saturated heterocycles. The number of likely N-dealkylation sites (tertiary alicyclic amines) is 1. The molecular formula is C28H26Cl2N4O6S. The monoisotopic (exact) mass is 616 g/mol. The third-order valence-corrected chi connectivity index (χ3v) is 6.97. The molecule has 0 radical (unpaired) electrons. The van der Waals surface area contributed by atoms with Crippen LogP contribution < -0.4 is 11.1 Å². The number of amides is 2. The Balaban J connectivity index is 0.000000232. The molecule has 1 aliphatic heterocycles. The molecule has 0 bridgehead atoms. The van der Waals surface area contributed by atoms with Gasteiger partial charge in [-0.1, -0.05) is 59.7 Å². The van der Waals surface area contributed by atoms with Gasteiger partial charge in [0, 0.05) is 35.8 Å². The van der Waals surface area contributed by atoms with Crippen LogP contribution in [0.1, 0.15) is 27.9 Å². The van der Waals surface area contributed by atoms with Crippen molar-refractivity contribution in [3.63, 3.8) is 0 Å². The molecule has 0 unspecified atom stereocenters. The standard InChI is InChI=1S/C16H14Cl2N2O3.C12H12N2O3S/c17-11-2-1-3-12(18)14(11)15(21)20-13(16(22)23)8-9-4-6-10(19)7-5-9;15-11(4-8-2-1-3-13-6-8)14-7-9(18)5-10(14)12(16)17/h1-7,13H,8,19H2,(H,20,21)(H,22,23);1-3,6,10H,4-5,7H2,(H,16,17)/t13-;10-/m00/s1. The van der Waals surface area contributed by atoms with Gasteiger partial charge in [0.2, 0.25) is 5.91 Å². The fourth-order valence-corrected chi connectivity index (χ4v) is 4.85. The van der Waals surface area contributed by atoms with Gasteiger partial charge in [-0.15, -0.1) is 0 Å². The number of nitrogens with zero attached hydrogens (tertiary/aromatic N) is 2. The summed E-state index contributed by atoms with van der Waals surface area (Å²) in [6, 6.07) is 13.0. The summed E-state index contributed by atoms with van der Waals surface area (Å²) < 4.78 is 0. The molecule has 13 heteroatoms. The summed E-state index contributed by atoms with van der Waals surface area (Å²) in [6.07, 6.45) is 3.76. The molecule has 3 aromatic rings. The van der Waals surface area contributed by atoms with Crippen LogP contribution in [0.4, 0.5) is 5.69 Å². The molecule has 0 saturated carbocycles. The first-order valence-electron chi connectivity index (χ1n) is 12.2. The van der Waals surface area contributed by atoms with Crippen molar-refractivity contribution in [1.82, 2.24) is 15.2 Å². The Labute approximate surface area is 251 Å². The Morgan fingerprint density at radius 1 is 1.02 bits per heavy atom. The maximum Gasteiger partial charge on any atom is 0.326 e. The zero-order valence-corrected chi connectivity index (χ0v) is 23.8. The minimum Gasteiger partial charge on any atom is -0.480 e. The maximum absolute atomic E-state index is 12.3. The third kappa shape index (κ3) is 8.97. The fraction of sp³-hybridized carbons (Fsp3) is 0.214. The van der Waals surface area contributed by atoms with Crippen molar-refractivity contribution < 1.29 is 29.4 Å². The third-order valence-electron chi connectivity index (χ3n) is 6.04. The highest BCUT2D eigenvalue weighted by Crippen LogP contribution is 2.24. The Morgan fingerprint density at radius 3 is 2.24 bits per heavy atom. The fourth-order valence-electron chi connectivity index (χ4n) is 3.99. The average molecular weight is 618 g/mol. The highest BCUT2D eigenvalue weighted by Gasteiger charge is 2.36. The number of aromatic nitrogens is 1. The topological polar surface area (TPSA) is 163 Å². The van der Waals surface area contributed by atoms with Gasteiger partial charge in [-0.3, -0.25) is 14.6 Å². The van der Waals surface area contributed by atoms with Gasteiger partial charge in [0.05, 0.1) is 28.6 Å². The van der Waals surface area contributed by atoms with Gasteiger partial charge >= 0.3 is 11.9 Å². The number of carboxylic acid groups (broad SMARTS) is 2. The SMILES string of the molecule is Nc1ccc(C[C@H](NC(=O)c2c(Cl)cccc2Cl)C(=O)O)cc1.O=C(O)[C@@H]1CC(=S)CN1C(=O)Cc1cccnc1.